The zero-order valence-electron chi connectivity index (χ0n) is 26.1. The first kappa shape index (κ1) is 30.6. The number of halogens is 3. The van der Waals surface area contributed by atoms with Gasteiger partial charge in [0.05, 0.1) is 28.7 Å². The second kappa shape index (κ2) is 11.8. The summed E-state index contributed by atoms with van der Waals surface area (Å²) >= 11 is 0. The van der Waals surface area contributed by atoms with Crippen LogP contribution in [0.25, 0.3) is 6.08 Å². The van der Waals surface area contributed by atoms with Crippen molar-refractivity contribution in [3.05, 3.63) is 64.4 Å². The average molecular weight is 605 g/mol. The van der Waals surface area contributed by atoms with Crippen LogP contribution in [0.15, 0.2) is 36.0 Å². The minimum absolute atomic E-state index is 0.0866. The van der Waals surface area contributed by atoms with E-state index >= 15 is 13.2 Å². The highest BCUT2D eigenvalue weighted by Gasteiger charge is 2.50. The minimum Gasteiger partial charge on any atom is -0.363 e. The molecule has 234 valence electrons. The third-order valence-corrected chi connectivity index (χ3v) is 10.2. The van der Waals surface area contributed by atoms with Gasteiger partial charge in [-0.2, -0.15) is 5.26 Å². The predicted octanol–water partition coefficient (Wildman–Crippen LogP) is 8.27. The number of nitrogens with one attached hydrogen (secondary N) is 1. The molecule has 1 saturated heterocycles. The number of aromatic nitrogens is 2. The Hall–Kier alpha value is -3.38. The normalized spacial score (nSPS) is 28.2. The molecule has 0 amide bonds. The Morgan fingerprint density at radius 3 is 2.45 bits per heavy atom. The van der Waals surface area contributed by atoms with E-state index in [1.807, 2.05) is 13.0 Å². The van der Waals surface area contributed by atoms with Gasteiger partial charge in [0.15, 0.2) is 0 Å². The maximum Gasteiger partial charge on any atom is 0.278 e. The van der Waals surface area contributed by atoms with Crippen LogP contribution in [0.2, 0.25) is 0 Å². The summed E-state index contributed by atoms with van der Waals surface area (Å²) in [5.41, 5.74) is 1.44. The van der Waals surface area contributed by atoms with Crippen molar-refractivity contribution in [2.24, 2.45) is 11.3 Å². The molecule has 2 atom stereocenters. The second-order valence-electron chi connectivity index (χ2n) is 13.3. The molecular weight excluding hydrogens is 561 g/mol. The molecule has 1 aromatic carbocycles. The number of hydrogen-bond donors (Lipinski definition) is 1. The lowest BCUT2D eigenvalue weighted by Gasteiger charge is -2.39. The zero-order chi connectivity index (χ0) is 31.2. The highest BCUT2D eigenvalue weighted by Crippen LogP contribution is 2.57. The molecule has 6 nitrogen and oxygen atoms in total. The molecule has 44 heavy (non-hydrogen) atoms. The maximum atomic E-state index is 16.1. The fourth-order valence-electron chi connectivity index (χ4n) is 7.36. The maximum absolute atomic E-state index is 16.1. The van der Waals surface area contributed by atoms with Gasteiger partial charge in [-0.1, -0.05) is 44.0 Å². The molecule has 1 saturated carbocycles. The van der Waals surface area contributed by atoms with Crippen molar-refractivity contribution >= 4 is 17.7 Å². The van der Waals surface area contributed by atoms with Gasteiger partial charge in [-0.15, -0.1) is 0 Å². The van der Waals surface area contributed by atoms with E-state index in [1.54, 1.807) is 13.0 Å². The lowest BCUT2D eigenvalue weighted by Crippen LogP contribution is -2.40. The van der Waals surface area contributed by atoms with Gasteiger partial charge in [0.25, 0.3) is 5.92 Å². The number of alkyl halides is 2. The van der Waals surface area contributed by atoms with E-state index in [1.165, 1.54) is 12.1 Å². The van der Waals surface area contributed by atoms with Gasteiger partial charge >= 0.3 is 0 Å². The summed E-state index contributed by atoms with van der Waals surface area (Å²) in [7, 11) is 0. The molecule has 5 heterocycles. The molecule has 1 unspecified atom stereocenters. The van der Waals surface area contributed by atoms with Crippen LogP contribution in [0.5, 0.6) is 0 Å². The summed E-state index contributed by atoms with van der Waals surface area (Å²) in [6.45, 7) is 12.4. The quantitative estimate of drug-likeness (QED) is 0.353. The van der Waals surface area contributed by atoms with E-state index in [0.29, 0.717) is 43.4 Å². The van der Waals surface area contributed by atoms with Crippen LogP contribution in [0, 0.1) is 35.4 Å². The van der Waals surface area contributed by atoms with Gasteiger partial charge in [0, 0.05) is 23.2 Å². The molecule has 9 heteroatoms. The van der Waals surface area contributed by atoms with E-state index in [4.69, 9.17) is 9.97 Å². The van der Waals surface area contributed by atoms with Crippen molar-refractivity contribution in [3.8, 4) is 6.07 Å². The first-order chi connectivity index (χ1) is 21.1. The zero-order valence-corrected chi connectivity index (χ0v) is 26.1. The van der Waals surface area contributed by atoms with Crippen LogP contribution >= 0.6 is 0 Å². The SMILES string of the molecule is C=C1C(C2(C#N)CC2)=Cc2c3nc(C)nc2N1C(C)CCCCCCN1CCC(CC1)C(F)(F)c1cccc(c1F)[C@@H](C)N3. The number of nitrogens with zero attached hydrogens (tertiary/aromatic N) is 5. The number of hydrogen-bond acceptors (Lipinski definition) is 6. The van der Waals surface area contributed by atoms with Gasteiger partial charge < -0.3 is 15.1 Å². The highest BCUT2D eigenvalue weighted by molar-refractivity contribution is 5.84. The van der Waals surface area contributed by atoms with Crippen LogP contribution in [0.3, 0.4) is 0 Å². The summed E-state index contributed by atoms with van der Waals surface area (Å²) in [5, 5.41) is 13.5. The molecule has 5 aliphatic rings. The van der Waals surface area contributed by atoms with Crippen LogP contribution in [0.4, 0.5) is 24.8 Å². The second-order valence-corrected chi connectivity index (χ2v) is 13.3. The van der Waals surface area contributed by atoms with Crippen LogP contribution in [-0.2, 0) is 5.92 Å². The molecule has 0 radical (unpaired) electrons. The van der Waals surface area contributed by atoms with Crippen LogP contribution < -0.4 is 10.2 Å². The lowest BCUT2D eigenvalue weighted by molar-refractivity contribution is -0.0880. The highest BCUT2D eigenvalue weighted by atomic mass is 19.3. The molecule has 8 bridgehead atoms. The van der Waals surface area contributed by atoms with Crippen LogP contribution in [-0.4, -0.2) is 40.5 Å². The summed E-state index contributed by atoms with van der Waals surface area (Å²) in [6, 6.07) is 6.29. The summed E-state index contributed by atoms with van der Waals surface area (Å²) < 4.78 is 47.9. The molecule has 1 aromatic heterocycles. The van der Waals surface area contributed by atoms with E-state index in [9.17, 15) is 5.26 Å². The third-order valence-electron chi connectivity index (χ3n) is 10.2. The Morgan fingerprint density at radius 1 is 1.02 bits per heavy atom. The Morgan fingerprint density at radius 2 is 1.75 bits per heavy atom. The molecule has 2 aromatic rings. The van der Waals surface area contributed by atoms with E-state index in [-0.39, 0.29) is 11.6 Å². The fourth-order valence-corrected chi connectivity index (χ4v) is 7.36. The molecule has 7 rings (SSSR count). The largest absolute Gasteiger partial charge is 0.363 e. The number of benzene rings is 1. The number of anilines is 2. The van der Waals surface area contributed by atoms with E-state index < -0.39 is 34.7 Å². The Labute approximate surface area is 259 Å². The van der Waals surface area contributed by atoms with Gasteiger partial charge in [-0.3, -0.25) is 0 Å². The van der Waals surface area contributed by atoms with Gasteiger partial charge in [0.1, 0.15) is 23.3 Å². The molecule has 4 aliphatic heterocycles. The molecule has 1 N–H and O–H groups in total. The van der Waals surface area contributed by atoms with Gasteiger partial charge in [0.2, 0.25) is 0 Å². The average Bonchev–Trinajstić information content (AvgIpc) is 3.79. The molecule has 1 aliphatic carbocycles. The van der Waals surface area contributed by atoms with Crippen LogP contribution in [0.1, 0.15) is 100 Å². The molecule has 2 fully saturated rings. The summed E-state index contributed by atoms with van der Waals surface area (Å²) in [6.07, 6.45) is 9.37. The molecular formula is C35H43F3N6. The van der Waals surface area contributed by atoms with Crippen molar-refractivity contribution in [2.75, 3.05) is 29.9 Å². The standard InChI is InChI=1S/C35H43F3N6/c1-22-10-7-5-6-8-17-43-18-13-26(14-19-43)35(37,38)29-12-9-11-27(31(29)36)23(2)40-32-28-20-30(34(21-39)15-16-34)24(3)44(22)33(28)42-25(4)41-32/h9,11-12,20,22-23,26H,3,5-8,10,13-19H2,1-2,4H3,(H,40,41,42)/t22?,23-/m1/s1. The Kier molecular flexibility index (Phi) is 8.25. The number of nitriles is 1. The van der Waals surface area contributed by atoms with Gasteiger partial charge in [-0.05, 0) is 90.6 Å². The first-order valence-electron chi connectivity index (χ1n) is 16.2. The summed E-state index contributed by atoms with van der Waals surface area (Å²) in [5.74, 6) is -3.29. The number of allylic oxidation sites excluding steroid dienone is 1. The van der Waals surface area contributed by atoms with Crippen molar-refractivity contribution in [1.29, 1.82) is 5.26 Å². The number of rotatable bonds is 1. The monoisotopic (exact) mass is 604 g/mol. The number of fused-ring (bicyclic) bond motifs is 9. The van der Waals surface area contributed by atoms with Crippen molar-refractivity contribution in [3.63, 3.8) is 0 Å². The smallest absolute Gasteiger partial charge is 0.278 e. The Balaban J connectivity index is 1.43. The van der Waals surface area contributed by atoms with Gasteiger partial charge in [-0.25, -0.2) is 23.1 Å². The predicted molar refractivity (Wildman–Crippen MR) is 168 cm³/mol. The third kappa shape index (κ3) is 5.51. The first-order valence-corrected chi connectivity index (χ1v) is 16.2. The topological polar surface area (TPSA) is 68.1 Å². The summed E-state index contributed by atoms with van der Waals surface area (Å²) in [4.78, 5) is 14.0. The number of piperidine rings is 1. The fraction of sp³-hybridized carbons (Fsp3) is 0.571. The Bertz CT molecular complexity index is 1500. The van der Waals surface area contributed by atoms with E-state index in [2.05, 4.69) is 34.7 Å². The molecule has 0 spiro atoms. The van der Waals surface area contributed by atoms with Crippen molar-refractivity contribution in [2.45, 2.75) is 96.6 Å². The lowest BCUT2D eigenvalue weighted by atomic mass is 9.85. The minimum atomic E-state index is -3.26. The van der Waals surface area contributed by atoms with Crippen molar-refractivity contribution < 1.29 is 13.2 Å². The van der Waals surface area contributed by atoms with E-state index in [0.717, 1.165) is 68.3 Å². The number of aryl methyl sites for hydroxylation is 1. The van der Waals surface area contributed by atoms with Crippen molar-refractivity contribution in [1.82, 2.24) is 14.9 Å².